The Morgan fingerprint density at radius 3 is 2.50 bits per heavy atom. The van der Waals surface area contributed by atoms with Crippen LogP contribution in [-0.4, -0.2) is 31.4 Å². The molecule has 6 heteroatoms. The summed E-state index contributed by atoms with van der Waals surface area (Å²) in [5.74, 6) is 1.73. The van der Waals surface area contributed by atoms with Gasteiger partial charge in [-0.3, -0.25) is 0 Å². The highest BCUT2D eigenvalue weighted by molar-refractivity contribution is 6.30. The zero-order valence-corrected chi connectivity index (χ0v) is 19.2. The van der Waals surface area contributed by atoms with Crippen molar-refractivity contribution in [3.63, 3.8) is 0 Å². The van der Waals surface area contributed by atoms with Crippen molar-refractivity contribution < 1.29 is 9.47 Å². The molecule has 0 aromatic heterocycles. The normalized spacial score (nSPS) is 19.0. The second-order valence-corrected chi connectivity index (χ2v) is 8.68. The fraction of sp³-hybridized carbons (Fsp3) is 0.269. The molecule has 0 radical (unpaired) electrons. The smallest absolute Gasteiger partial charge is 0.213 e. The number of nitrogens with zero attached hydrogens (tertiary/aromatic N) is 3. The van der Waals surface area contributed by atoms with Gasteiger partial charge in [0, 0.05) is 42.4 Å². The summed E-state index contributed by atoms with van der Waals surface area (Å²) in [5.41, 5.74) is 5.41. The van der Waals surface area contributed by atoms with Crippen molar-refractivity contribution >= 4 is 23.0 Å². The highest BCUT2D eigenvalue weighted by Crippen LogP contribution is 2.48. The van der Waals surface area contributed by atoms with E-state index in [1.54, 1.807) is 0 Å². The average molecular weight is 448 g/mol. The Balaban J connectivity index is 1.52. The number of hydrazone groups is 1. The van der Waals surface area contributed by atoms with Crippen molar-refractivity contribution in [2.75, 3.05) is 25.6 Å². The van der Waals surface area contributed by atoms with Gasteiger partial charge in [0.2, 0.25) is 6.23 Å². The summed E-state index contributed by atoms with van der Waals surface area (Å²) in [7, 11) is 4.08. The van der Waals surface area contributed by atoms with Crippen LogP contribution in [0.25, 0.3) is 0 Å². The molecule has 0 aliphatic carbocycles. The fourth-order valence-electron chi connectivity index (χ4n) is 4.30. The standard InChI is InChI=1S/C26H26ClN3O2/c1-4-31-21-12-7-17(8-13-21)23-16-24-22-15-19(27)9-14-25(22)32-26(30(24)28-23)18-5-10-20(11-6-18)29(2)3/h5-15,24,26H,4,16H2,1-3H3/t24-,26-/m1/s1. The second kappa shape index (κ2) is 8.40. The van der Waals surface area contributed by atoms with Gasteiger partial charge in [-0.05, 0) is 67.1 Å². The summed E-state index contributed by atoms with van der Waals surface area (Å²) < 4.78 is 12.0. The van der Waals surface area contributed by atoms with Gasteiger partial charge in [-0.25, -0.2) is 5.01 Å². The van der Waals surface area contributed by atoms with Crippen molar-refractivity contribution in [3.05, 3.63) is 88.4 Å². The zero-order valence-electron chi connectivity index (χ0n) is 18.5. The summed E-state index contributed by atoms with van der Waals surface area (Å²) in [4.78, 5) is 2.09. The van der Waals surface area contributed by atoms with Gasteiger partial charge in [0.15, 0.2) is 0 Å². The van der Waals surface area contributed by atoms with Crippen LogP contribution in [0.15, 0.2) is 71.8 Å². The van der Waals surface area contributed by atoms with Gasteiger partial charge in [-0.15, -0.1) is 0 Å². The van der Waals surface area contributed by atoms with E-state index in [1.165, 1.54) is 0 Å². The van der Waals surface area contributed by atoms with Crippen molar-refractivity contribution in [2.45, 2.75) is 25.6 Å². The Bertz CT molecular complexity index is 1140. The van der Waals surface area contributed by atoms with E-state index in [0.29, 0.717) is 11.6 Å². The number of halogens is 1. The Kier molecular flexibility index (Phi) is 5.43. The van der Waals surface area contributed by atoms with Gasteiger partial charge in [0.05, 0.1) is 18.4 Å². The van der Waals surface area contributed by atoms with Crippen molar-refractivity contribution in [1.29, 1.82) is 0 Å². The first-order valence-corrected chi connectivity index (χ1v) is 11.2. The molecule has 2 aliphatic heterocycles. The minimum atomic E-state index is -0.301. The van der Waals surface area contributed by atoms with E-state index in [9.17, 15) is 0 Å². The van der Waals surface area contributed by atoms with E-state index >= 15 is 0 Å². The molecular formula is C26H26ClN3O2. The van der Waals surface area contributed by atoms with Crippen LogP contribution in [0.1, 0.15) is 42.3 Å². The minimum absolute atomic E-state index is 0.0672. The first-order valence-electron chi connectivity index (χ1n) is 10.9. The van der Waals surface area contributed by atoms with Crippen LogP contribution in [0.5, 0.6) is 11.5 Å². The maximum absolute atomic E-state index is 6.45. The molecule has 2 heterocycles. The van der Waals surface area contributed by atoms with E-state index < -0.39 is 0 Å². The highest BCUT2D eigenvalue weighted by Gasteiger charge is 2.41. The van der Waals surface area contributed by atoms with Crippen LogP contribution in [-0.2, 0) is 0 Å². The molecule has 2 atom stereocenters. The third-order valence-electron chi connectivity index (χ3n) is 5.95. The molecule has 164 valence electrons. The van der Waals surface area contributed by atoms with Crippen LogP contribution in [0.3, 0.4) is 0 Å². The van der Waals surface area contributed by atoms with E-state index in [4.69, 9.17) is 26.2 Å². The molecule has 0 saturated heterocycles. The maximum atomic E-state index is 6.45. The predicted molar refractivity (Wildman–Crippen MR) is 129 cm³/mol. The lowest BCUT2D eigenvalue weighted by atomic mass is 9.96. The minimum Gasteiger partial charge on any atom is -0.494 e. The molecule has 0 bridgehead atoms. The lowest BCUT2D eigenvalue weighted by Crippen LogP contribution is -2.33. The van der Waals surface area contributed by atoms with E-state index in [2.05, 4.69) is 46.3 Å². The van der Waals surface area contributed by atoms with Gasteiger partial charge in [0.1, 0.15) is 11.5 Å². The third-order valence-corrected chi connectivity index (χ3v) is 6.18. The third kappa shape index (κ3) is 3.78. The number of hydrogen-bond donors (Lipinski definition) is 0. The van der Waals surface area contributed by atoms with Crippen LogP contribution < -0.4 is 14.4 Å². The Hall–Kier alpha value is -3.18. The van der Waals surface area contributed by atoms with E-state index in [-0.39, 0.29) is 12.3 Å². The van der Waals surface area contributed by atoms with Gasteiger partial charge in [0.25, 0.3) is 0 Å². The molecule has 0 fully saturated rings. The lowest BCUT2D eigenvalue weighted by molar-refractivity contribution is -0.0190. The summed E-state index contributed by atoms with van der Waals surface area (Å²) in [6.07, 6.45) is 0.488. The molecule has 0 amide bonds. The van der Waals surface area contributed by atoms with Gasteiger partial charge >= 0.3 is 0 Å². The quantitative estimate of drug-likeness (QED) is 0.477. The second-order valence-electron chi connectivity index (χ2n) is 8.24. The van der Waals surface area contributed by atoms with Gasteiger partial charge in [-0.1, -0.05) is 23.7 Å². The summed E-state index contributed by atoms with van der Waals surface area (Å²) >= 11 is 6.34. The Morgan fingerprint density at radius 2 is 1.81 bits per heavy atom. The van der Waals surface area contributed by atoms with Crippen molar-refractivity contribution in [1.82, 2.24) is 5.01 Å². The zero-order chi connectivity index (χ0) is 22.2. The highest BCUT2D eigenvalue weighted by atomic mass is 35.5. The number of rotatable bonds is 5. The number of hydrogen-bond acceptors (Lipinski definition) is 5. The molecule has 0 saturated carbocycles. The first kappa shape index (κ1) is 20.7. The van der Waals surface area contributed by atoms with Crippen molar-refractivity contribution in [2.24, 2.45) is 5.10 Å². The topological polar surface area (TPSA) is 37.3 Å². The van der Waals surface area contributed by atoms with Crippen LogP contribution in [0.4, 0.5) is 5.69 Å². The largest absolute Gasteiger partial charge is 0.494 e. The van der Waals surface area contributed by atoms with E-state index in [0.717, 1.165) is 46.0 Å². The van der Waals surface area contributed by atoms with Gasteiger partial charge in [-0.2, -0.15) is 5.10 Å². The number of fused-ring (bicyclic) bond motifs is 3. The molecule has 3 aromatic carbocycles. The molecule has 3 aromatic rings. The van der Waals surface area contributed by atoms with Crippen LogP contribution in [0.2, 0.25) is 5.02 Å². The molecule has 0 unspecified atom stereocenters. The molecule has 2 aliphatic rings. The van der Waals surface area contributed by atoms with Crippen LogP contribution in [0, 0.1) is 0 Å². The summed E-state index contributed by atoms with van der Waals surface area (Å²) in [6.45, 7) is 2.64. The molecule has 5 nitrogen and oxygen atoms in total. The Morgan fingerprint density at radius 1 is 1.06 bits per heavy atom. The van der Waals surface area contributed by atoms with E-state index in [1.807, 2.05) is 51.4 Å². The Labute approximate surface area is 193 Å². The first-order chi connectivity index (χ1) is 15.5. The SMILES string of the molecule is CCOc1ccc(C2=NN3[C@H](C2)c2cc(Cl)ccc2O[C@@H]3c2ccc(N(C)C)cc2)cc1. The monoisotopic (exact) mass is 447 g/mol. The average Bonchev–Trinajstić information content (AvgIpc) is 3.25. The summed E-state index contributed by atoms with van der Waals surface area (Å²) in [5, 5.41) is 7.81. The number of ether oxygens (including phenoxy) is 2. The molecule has 0 N–H and O–H groups in total. The van der Waals surface area contributed by atoms with Gasteiger partial charge < -0.3 is 14.4 Å². The fourth-order valence-corrected chi connectivity index (χ4v) is 4.48. The predicted octanol–water partition coefficient (Wildman–Crippen LogP) is 6.05. The number of anilines is 1. The summed E-state index contributed by atoms with van der Waals surface area (Å²) in [6, 6.07) is 22.5. The van der Waals surface area contributed by atoms with Crippen LogP contribution >= 0.6 is 11.6 Å². The lowest BCUT2D eigenvalue weighted by Gasteiger charge is -2.38. The molecule has 0 spiro atoms. The molecule has 5 rings (SSSR count). The molecular weight excluding hydrogens is 422 g/mol. The molecule has 32 heavy (non-hydrogen) atoms. The van der Waals surface area contributed by atoms with Crippen molar-refractivity contribution in [3.8, 4) is 11.5 Å². The maximum Gasteiger partial charge on any atom is 0.213 e. The number of benzene rings is 3.